The van der Waals surface area contributed by atoms with Crippen LogP contribution in [0.5, 0.6) is 0 Å². The molecule has 1 fully saturated rings. The van der Waals surface area contributed by atoms with Crippen LogP contribution in [0.2, 0.25) is 0 Å². The number of anilines is 1. The summed E-state index contributed by atoms with van der Waals surface area (Å²) in [4.78, 5) is 38.9. The van der Waals surface area contributed by atoms with Gasteiger partial charge in [-0.15, -0.1) is 33.3 Å². The highest BCUT2D eigenvalue weighted by atomic mass is 32.2. The normalized spacial score (nSPS) is 21.2. The fraction of sp³-hybridized carbons (Fsp3) is 0.312. The van der Waals surface area contributed by atoms with Crippen molar-refractivity contribution in [2.75, 3.05) is 18.1 Å². The van der Waals surface area contributed by atoms with Gasteiger partial charge in [-0.05, 0) is 11.4 Å². The summed E-state index contributed by atoms with van der Waals surface area (Å²) in [5.41, 5.74) is 0.376. The van der Waals surface area contributed by atoms with Gasteiger partial charge in [-0.2, -0.15) is 0 Å². The van der Waals surface area contributed by atoms with Crippen molar-refractivity contribution in [1.29, 1.82) is 0 Å². The molecule has 12 heteroatoms. The number of carbonyl (C=O) groups excluding carboxylic acids is 2. The zero-order valence-corrected chi connectivity index (χ0v) is 17.0. The van der Waals surface area contributed by atoms with Crippen LogP contribution in [-0.4, -0.2) is 62.2 Å². The number of carboxylic acid groups (broad SMARTS) is 1. The fourth-order valence-corrected chi connectivity index (χ4v) is 5.91. The lowest BCUT2D eigenvalue weighted by Crippen LogP contribution is -2.70. The number of rotatable bonds is 6. The number of carboxylic acids is 1. The Balaban J connectivity index is 1.53. The number of nitrogens with one attached hydrogen (secondary N) is 2. The first-order valence-corrected chi connectivity index (χ1v) is 11.0. The second-order valence-corrected chi connectivity index (χ2v) is 9.12. The van der Waals surface area contributed by atoms with Crippen LogP contribution in [0.1, 0.15) is 9.88 Å². The Morgan fingerprint density at radius 2 is 2.21 bits per heavy atom. The van der Waals surface area contributed by atoms with Gasteiger partial charge in [0.1, 0.15) is 22.1 Å². The molecule has 1 saturated heterocycles. The van der Waals surface area contributed by atoms with E-state index in [-0.39, 0.29) is 18.0 Å². The van der Waals surface area contributed by atoms with E-state index in [4.69, 9.17) is 0 Å². The van der Waals surface area contributed by atoms with Crippen molar-refractivity contribution in [3.63, 3.8) is 0 Å². The van der Waals surface area contributed by atoms with Gasteiger partial charge >= 0.3 is 5.97 Å². The molecule has 0 spiro atoms. The molecule has 0 aliphatic carbocycles. The van der Waals surface area contributed by atoms with E-state index >= 15 is 0 Å². The molecule has 0 radical (unpaired) electrons. The molecule has 0 bridgehead atoms. The third-order valence-electron chi connectivity index (χ3n) is 4.30. The molecule has 2 amide bonds. The van der Waals surface area contributed by atoms with Gasteiger partial charge in [0.15, 0.2) is 0 Å². The molecule has 9 nitrogen and oxygen atoms in total. The maximum Gasteiger partial charge on any atom is 0.353 e. The van der Waals surface area contributed by atoms with Gasteiger partial charge in [-0.1, -0.05) is 17.4 Å². The van der Waals surface area contributed by atoms with E-state index < -0.39 is 23.3 Å². The predicted molar refractivity (Wildman–Crippen MR) is 107 cm³/mol. The summed E-state index contributed by atoms with van der Waals surface area (Å²) in [5.74, 6) is -1.51. The van der Waals surface area contributed by atoms with Crippen LogP contribution in [0, 0.1) is 0 Å². The maximum atomic E-state index is 12.6. The van der Waals surface area contributed by atoms with Crippen LogP contribution in [0.3, 0.4) is 0 Å². The van der Waals surface area contributed by atoms with Crippen LogP contribution >= 0.6 is 34.4 Å². The summed E-state index contributed by atoms with van der Waals surface area (Å²) in [7, 11) is 1.70. The van der Waals surface area contributed by atoms with E-state index in [1.807, 2.05) is 17.5 Å². The number of hydrogen-bond acceptors (Lipinski definition) is 9. The third-order valence-corrected chi connectivity index (χ3v) is 7.46. The molecule has 146 valence electrons. The quantitative estimate of drug-likeness (QED) is 0.574. The lowest BCUT2D eigenvalue weighted by atomic mass is 10.0. The maximum absolute atomic E-state index is 12.6. The Morgan fingerprint density at radius 3 is 2.86 bits per heavy atom. The summed E-state index contributed by atoms with van der Waals surface area (Å²) in [6.45, 7) is 0. The van der Waals surface area contributed by atoms with Crippen LogP contribution in [0.25, 0.3) is 5.57 Å². The molecule has 3 N–H and O–H groups in total. The van der Waals surface area contributed by atoms with Crippen molar-refractivity contribution in [3.8, 4) is 0 Å². The summed E-state index contributed by atoms with van der Waals surface area (Å²) in [5, 5.41) is 25.7. The molecule has 0 saturated carbocycles. The van der Waals surface area contributed by atoms with Crippen LogP contribution in [-0.2, 0) is 20.8 Å². The van der Waals surface area contributed by atoms with Crippen molar-refractivity contribution in [3.05, 3.63) is 33.1 Å². The van der Waals surface area contributed by atoms with Gasteiger partial charge in [0.25, 0.3) is 5.91 Å². The Labute approximate surface area is 171 Å². The molecule has 4 heterocycles. The van der Waals surface area contributed by atoms with Crippen LogP contribution in [0.15, 0.2) is 23.2 Å². The number of fused-ring (bicyclic) bond motifs is 1. The number of carbonyl (C=O) groups is 3. The molecule has 2 aliphatic rings. The first kappa shape index (κ1) is 18.9. The predicted octanol–water partition coefficient (Wildman–Crippen LogP) is 1.08. The van der Waals surface area contributed by atoms with Crippen molar-refractivity contribution in [2.45, 2.75) is 17.8 Å². The molecule has 1 unspecified atom stereocenters. The summed E-state index contributed by atoms with van der Waals surface area (Å²) >= 11 is 4.10. The van der Waals surface area contributed by atoms with Crippen molar-refractivity contribution in [1.82, 2.24) is 20.4 Å². The smallest absolute Gasteiger partial charge is 0.353 e. The van der Waals surface area contributed by atoms with Crippen molar-refractivity contribution >= 4 is 62.9 Å². The standard InChI is InChI=1S/C16H15N5O4S3/c1-17-16-20-19-12(28-16)8-6-27-14-10(13(23)21(14)11(8)15(24)25)18-9(22)5-7-3-2-4-26-7/h2-4,10,14H,5-6H2,1H3,(H,17,20)(H,18,22)(H,24,25)/t10?,14-/m0/s1. The minimum absolute atomic E-state index is 0.0868. The molecule has 2 aromatic rings. The minimum atomic E-state index is -1.20. The number of hydrogen-bond donors (Lipinski definition) is 3. The minimum Gasteiger partial charge on any atom is -0.477 e. The van der Waals surface area contributed by atoms with E-state index in [2.05, 4.69) is 20.8 Å². The topological polar surface area (TPSA) is 125 Å². The van der Waals surface area contributed by atoms with Crippen molar-refractivity contribution in [2.24, 2.45) is 0 Å². The Kier molecular flexibility index (Phi) is 5.08. The molecule has 28 heavy (non-hydrogen) atoms. The zero-order valence-electron chi connectivity index (χ0n) is 14.5. The number of aromatic nitrogens is 2. The lowest BCUT2D eigenvalue weighted by Gasteiger charge is -2.49. The second kappa shape index (κ2) is 7.53. The van der Waals surface area contributed by atoms with Crippen molar-refractivity contribution < 1.29 is 19.5 Å². The molecule has 2 atom stereocenters. The highest BCUT2D eigenvalue weighted by molar-refractivity contribution is 8.00. The molecule has 2 aromatic heterocycles. The van der Waals surface area contributed by atoms with Crippen LogP contribution < -0.4 is 10.6 Å². The zero-order chi connectivity index (χ0) is 19.8. The van der Waals surface area contributed by atoms with Gasteiger partial charge in [-0.3, -0.25) is 14.5 Å². The average Bonchev–Trinajstić information content (AvgIpc) is 3.36. The largest absolute Gasteiger partial charge is 0.477 e. The number of aliphatic carboxylic acids is 1. The number of thiophene rings is 1. The first-order chi connectivity index (χ1) is 13.5. The molecule has 4 rings (SSSR count). The molecule has 2 aliphatic heterocycles. The Bertz CT molecular complexity index is 971. The molecular weight excluding hydrogens is 422 g/mol. The number of amides is 2. The van der Waals surface area contributed by atoms with Gasteiger partial charge in [0.2, 0.25) is 11.0 Å². The summed E-state index contributed by atoms with van der Waals surface area (Å²) in [6, 6.07) is 2.99. The van der Waals surface area contributed by atoms with Gasteiger partial charge < -0.3 is 15.7 Å². The third kappa shape index (κ3) is 3.27. The first-order valence-electron chi connectivity index (χ1n) is 8.24. The van der Waals surface area contributed by atoms with E-state index in [9.17, 15) is 19.5 Å². The number of thioether (sulfide) groups is 1. The Hall–Kier alpha value is -2.44. The fourth-order valence-electron chi connectivity index (χ4n) is 3.03. The SMILES string of the molecule is CNc1nnc(C2=C(C(=O)O)N3C(=O)C(NC(=O)Cc4cccs4)[C@@H]3SC2)s1. The van der Waals surface area contributed by atoms with E-state index in [1.54, 1.807) is 7.05 Å². The van der Waals surface area contributed by atoms with Gasteiger partial charge in [-0.25, -0.2) is 4.79 Å². The summed E-state index contributed by atoms with van der Waals surface area (Å²) < 4.78 is 0. The van der Waals surface area contributed by atoms with E-state index in [0.717, 1.165) is 4.88 Å². The van der Waals surface area contributed by atoms with Gasteiger partial charge in [0.05, 0.1) is 6.42 Å². The second-order valence-electron chi connectivity index (χ2n) is 6.01. The highest BCUT2D eigenvalue weighted by Gasteiger charge is 2.54. The van der Waals surface area contributed by atoms with E-state index in [1.165, 1.54) is 39.3 Å². The number of β-lactam (4-membered cyclic amide) rings is 1. The highest BCUT2D eigenvalue weighted by Crippen LogP contribution is 2.44. The van der Waals surface area contributed by atoms with Gasteiger partial charge in [0, 0.05) is 23.3 Å². The lowest BCUT2D eigenvalue weighted by molar-refractivity contribution is -0.150. The number of nitrogens with zero attached hydrogens (tertiary/aromatic N) is 3. The summed E-state index contributed by atoms with van der Waals surface area (Å²) in [6.07, 6.45) is 0.198. The monoisotopic (exact) mass is 437 g/mol. The average molecular weight is 438 g/mol. The molecular formula is C16H15N5O4S3. The Morgan fingerprint density at radius 1 is 1.39 bits per heavy atom. The van der Waals surface area contributed by atoms with Crippen LogP contribution in [0.4, 0.5) is 5.13 Å². The van der Waals surface area contributed by atoms with E-state index in [0.29, 0.717) is 21.5 Å². The molecule has 0 aromatic carbocycles.